The van der Waals surface area contributed by atoms with Crippen molar-refractivity contribution in [1.82, 2.24) is 9.97 Å². The van der Waals surface area contributed by atoms with Gasteiger partial charge in [-0.2, -0.15) is 0 Å². The normalized spacial score (nSPS) is 14.7. The van der Waals surface area contributed by atoms with Crippen molar-refractivity contribution in [2.24, 2.45) is 0 Å². The standard InChI is InChI=1S/C19H15ClN2/c20-15-11-17-16-10-14(7-6-13-4-2-1-3-5-13)8-9-18(16)22-19(17)21-12-15/h4,8-12H,1-3,5H2,(H,21,22). The van der Waals surface area contributed by atoms with Crippen LogP contribution in [0.5, 0.6) is 0 Å². The van der Waals surface area contributed by atoms with E-state index in [1.54, 1.807) is 6.20 Å². The SMILES string of the molecule is Clc1cnc2[nH]c3ccc(C#CC4=CCCCC4)cc3c2c1. The zero-order valence-corrected chi connectivity index (χ0v) is 12.9. The first-order chi connectivity index (χ1) is 10.8. The molecule has 2 heterocycles. The molecule has 2 nitrogen and oxygen atoms in total. The summed E-state index contributed by atoms with van der Waals surface area (Å²) >= 11 is 6.07. The van der Waals surface area contributed by atoms with Crippen LogP contribution in [0.15, 0.2) is 42.1 Å². The van der Waals surface area contributed by atoms with Gasteiger partial charge in [-0.3, -0.25) is 0 Å². The summed E-state index contributed by atoms with van der Waals surface area (Å²) in [4.78, 5) is 7.64. The highest BCUT2D eigenvalue weighted by atomic mass is 35.5. The van der Waals surface area contributed by atoms with E-state index in [4.69, 9.17) is 11.6 Å². The Bertz CT molecular complexity index is 954. The Balaban J connectivity index is 1.79. The van der Waals surface area contributed by atoms with Gasteiger partial charge in [0, 0.05) is 28.0 Å². The van der Waals surface area contributed by atoms with Crippen LogP contribution in [0.25, 0.3) is 21.9 Å². The number of rotatable bonds is 0. The molecule has 3 heteroatoms. The number of hydrogen-bond acceptors (Lipinski definition) is 1. The van der Waals surface area contributed by atoms with Crippen molar-refractivity contribution < 1.29 is 0 Å². The Morgan fingerprint density at radius 1 is 1.09 bits per heavy atom. The molecule has 0 saturated carbocycles. The van der Waals surface area contributed by atoms with Crippen LogP contribution in [-0.2, 0) is 0 Å². The van der Waals surface area contributed by atoms with Crippen LogP contribution in [0.1, 0.15) is 31.2 Å². The topological polar surface area (TPSA) is 28.7 Å². The van der Waals surface area contributed by atoms with Gasteiger partial charge in [0.2, 0.25) is 0 Å². The summed E-state index contributed by atoms with van der Waals surface area (Å²) < 4.78 is 0. The number of H-pyrrole nitrogens is 1. The van der Waals surface area contributed by atoms with Crippen molar-refractivity contribution in [3.05, 3.63) is 52.7 Å². The van der Waals surface area contributed by atoms with E-state index in [0.29, 0.717) is 5.02 Å². The fourth-order valence-electron chi connectivity index (χ4n) is 2.93. The third kappa shape index (κ3) is 2.49. The Morgan fingerprint density at radius 2 is 2.05 bits per heavy atom. The fraction of sp³-hybridized carbons (Fsp3) is 0.211. The van der Waals surface area contributed by atoms with Crippen LogP contribution in [0.3, 0.4) is 0 Å². The van der Waals surface area contributed by atoms with Crippen LogP contribution < -0.4 is 0 Å². The maximum Gasteiger partial charge on any atom is 0.138 e. The van der Waals surface area contributed by atoms with Gasteiger partial charge in [-0.05, 0) is 55.5 Å². The largest absolute Gasteiger partial charge is 0.339 e. The monoisotopic (exact) mass is 306 g/mol. The van der Waals surface area contributed by atoms with E-state index in [1.165, 1.54) is 18.4 Å². The number of benzene rings is 1. The van der Waals surface area contributed by atoms with Crippen LogP contribution >= 0.6 is 11.6 Å². The third-order valence-corrected chi connectivity index (χ3v) is 4.28. The van der Waals surface area contributed by atoms with E-state index >= 15 is 0 Å². The third-order valence-electron chi connectivity index (χ3n) is 4.08. The highest BCUT2D eigenvalue weighted by Crippen LogP contribution is 2.27. The van der Waals surface area contributed by atoms with E-state index in [9.17, 15) is 0 Å². The Morgan fingerprint density at radius 3 is 2.91 bits per heavy atom. The van der Waals surface area contributed by atoms with Gasteiger partial charge in [-0.15, -0.1) is 0 Å². The average molecular weight is 307 g/mol. The second kappa shape index (κ2) is 5.51. The van der Waals surface area contributed by atoms with Gasteiger partial charge in [-0.1, -0.05) is 29.5 Å². The van der Waals surface area contributed by atoms with Gasteiger partial charge in [-0.25, -0.2) is 4.98 Å². The van der Waals surface area contributed by atoms with Gasteiger partial charge in [0.05, 0.1) is 5.02 Å². The van der Waals surface area contributed by atoms with E-state index < -0.39 is 0 Å². The van der Waals surface area contributed by atoms with Crippen molar-refractivity contribution in [2.45, 2.75) is 25.7 Å². The molecule has 0 unspecified atom stereocenters. The lowest BCUT2D eigenvalue weighted by molar-refractivity contribution is 0.715. The molecule has 3 aromatic rings. The number of fused-ring (bicyclic) bond motifs is 3. The number of pyridine rings is 1. The first-order valence-corrected chi connectivity index (χ1v) is 7.95. The molecule has 0 spiro atoms. The number of aromatic nitrogens is 2. The molecule has 0 amide bonds. The lowest BCUT2D eigenvalue weighted by Gasteiger charge is -2.05. The highest BCUT2D eigenvalue weighted by Gasteiger charge is 2.06. The van der Waals surface area contributed by atoms with E-state index in [0.717, 1.165) is 40.3 Å². The highest BCUT2D eigenvalue weighted by molar-refractivity contribution is 6.31. The minimum Gasteiger partial charge on any atom is -0.339 e. The summed E-state index contributed by atoms with van der Waals surface area (Å²) in [5.74, 6) is 6.60. The molecular weight excluding hydrogens is 292 g/mol. The minimum atomic E-state index is 0.650. The van der Waals surface area contributed by atoms with Crippen LogP contribution in [-0.4, -0.2) is 9.97 Å². The van der Waals surface area contributed by atoms with Crippen LogP contribution in [0, 0.1) is 11.8 Å². The molecule has 108 valence electrons. The lowest BCUT2D eigenvalue weighted by Crippen LogP contribution is -1.88. The molecule has 22 heavy (non-hydrogen) atoms. The molecule has 0 atom stereocenters. The Hall–Kier alpha value is -2.24. The molecule has 2 aromatic heterocycles. The summed E-state index contributed by atoms with van der Waals surface area (Å²) in [6, 6.07) is 8.17. The maximum absolute atomic E-state index is 6.07. The quantitative estimate of drug-likeness (QED) is 0.567. The lowest BCUT2D eigenvalue weighted by atomic mass is 10.00. The zero-order chi connectivity index (χ0) is 14.9. The van der Waals surface area contributed by atoms with Gasteiger partial charge < -0.3 is 4.98 Å². The Labute approximate surface area is 134 Å². The predicted octanol–water partition coefficient (Wildman–Crippen LogP) is 5.22. The summed E-state index contributed by atoms with van der Waals surface area (Å²) in [5.41, 5.74) is 4.22. The smallest absolute Gasteiger partial charge is 0.138 e. The summed E-state index contributed by atoms with van der Waals surface area (Å²) in [5, 5.41) is 2.81. The molecule has 0 aliphatic heterocycles. The molecule has 1 aromatic carbocycles. The van der Waals surface area contributed by atoms with Crippen LogP contribution in [0.2, 0.25) is 5.02 Å². The molecule has 1 N–H and O–H groups in total. The molecule has 0 saturated heterocycles. The predicted molar refractivity (Wildman–Crippen MR) is 92.0 cm³/mol. The summed E-state index contributed by atoms with van der Waals surface area (Å²) in [6.07, 6.45) is 8.75. The average Bonchev–Trinajstić information content (AvgIpc) is 2.91. The summed E-state index contributed by atoms with van der Waals surface area (Å²) in [7, 11) is 0. The van der Waals surface area contributed by atoms with Gasteiger partial charge >= 0.3 is 0 Å². The molecule has 0 fully saturated rings. The molecule has 0 bridgehead atoms. The second-order valence-corrected chi connectivity index (χ2v) is 6.10. The zero-order valence-electron chi connectivity index (χ0n) is 12.1. The van der Waals surface area contributed by atoms with Gasteiger partial charge in [0.1, 0.15) is 5.65 Å². The van der Waals surface area contributed by atoms with Crippen molar-refractivity contribution in [3.63, 3.8) is 0 Å². The van der Waals surface area contributed by atoms with Crippen molar-refractivity contribution in [1.29, 1.82) is 0 Å². The van der Waals surface area contributed by atoms with E-state index in [2.05, 4.69) is 46.1 Å². The van der Waals surface area contributed by atoms with Gasteiger partial charge in [0.15, 0.2) is 0 Å². The molecule has 4 rings (SSSR count). The minimum absolute atomic E-state index is 0.650. The number of nitrogens with zero attached hydrogens (tertiary/aromatic N) is 1. The van der Waals surface area contributed by atoms with E-state index in [1.807, 2.05) is 6.07 Å². The van der Waals surface area contributed by atoms with Crippen molar-refractivity contribution in [2.75, 3.05) is 0 Å². The number of allylic oxidation sites excluding steroid dienone is 2. The molecule has 1 aliphatic carbocycles. The van der Waals surface area contributed by atoms with Crippen molar-refractivity contribution in [3.8, 4) is 11.8 Å². The number of aromatic amines is 1. The number of halogens is 1. The number of hydrogen-bond donors (Lipinski definition) is 1. The van der Waals surface area contributed by atoms with E-state index in [-0.39, 0.29) is 0 Å². The molecular formula is C19H15ClN2. The maximum atomic E-state index is 6.07. The first kappa shape index (κ1) is 13.4. The van der Waals surface area contributed by atoms with Crippen LogP contribution in [0.4, 0.5) is 0 Å². The van der Waals surface area contributed by atoms with Gasteiger partial charge in [0.25, 0.3) is 0 Å². The summed E-state index contributed by atoms with van der Waals surface area (Å²) in [6.45, 7) is 0. The van der Waals surface area contributed by atoms with Crippen molar-refractivity contribution >= 4 is 33.5 Å². The molecule has 1 aliphatic rings. The fourth-order valence-corrected chi connectivity index (χ4v) is 3.09. The molecule has 0 radical (unpaired) electrons. The first-order valence-electron chi connectivity index (χ1n) is 7.58. The Kier molecular flexibility index (Phi) is 3.36. The second-order valence-electron chi connectivity index (χ2n) is 5.66. The number of nitrogens with one attached hydrogen (secondary N) is 1.